The summed E-state index contributed by atoms with van der Waals surface area (Å²) in [4.78, 5) is 4.47. The Balaban J connectivity index is 1.93. The van der Waals surface area contributed by atoms with Crippen LogP contribution in [0.4, 0.5) is 0 Å². The summed E-state index contributed by atoms with van der Waals surface area (Å²) in [6.07, 6.45) is 0.468. The minimum absolute atomic E-state index is 0.0945. The number of ether oxygens (including phenoxy) is 1. The van der Waals surface area contributed by atoms with Crippen molar-refractivity contribution in [1.82, 2.24) is 4.31 Å². The Labute approximate surface area is 146 Å². The molecular weight excluding hydrogens is 348 g/mol. The van der Waals surface area contributed by atoms with Crippen LogP contribution in [0.5, 0.6) is 5.75 Å². The lowest BCUT2D eigenvalue weighted by atomic mass is 10.1. The third-order valence-electron chi connectivity index (χ3n) is 3.78. The van der Waals surface area contributed by atoms with Crippen molar-refractivity contribution in [1.29, 1.82) is 0 Å². The molecule has 0 saturated carbocycles. The molecule has 0 bridgehead atoms. The van der Waals surface area contributed by atoms with Crippen LogP contribution < -0.4 is 4.74 Å². The van der Waals surface area contributed by atoms with Crippen LogP contribution in [-0.4, -0.2) is 38.8 Å². The molecule has 2 aromatic rings. The molecule has 3 rings (SSSR count). The molecule has 0 N–H and O–H groups in total. The third-order valence-corrected chi connectivity index (χ3v) is 5.89. The van der Waals surface area contributed by atoms with Gasteiger partial charge < -0.3 is 4.74 Å². The first-order valence-corrected chi connectivity index (χ1v) is 9.27. The highest BCUT2D eigenvalue weighted by Crippen LogP contribution is 2.30. The zero-order valence-electron chi connectivity index (χ0n) is 13.1. The van der Waals surface area contributed by atoms with Crippen LogP contribution in [0.25, 0.3) is 0 Å². The van der Waals surface area contributed by atoms with Crippen molar-refractivity contribution in [2.75, 3.05) is 20.2 Å². The van der Waals surface area contributed by atoms with Crippen LogP contribution in [0, 0.1) is 0 Å². The Hall–Kier alpha value is -2.05. The fraction of sp³-hybridized carbons (Fsp3) is 0.235. The molecule has 1 aliphatic heterocycles. The van der Waals surface area contributed by atoms with Crippen molar-refractivity contribution in [2.24, 2.45) is 4.99 Å². The van der Waals surface area contributed by atoms with Gasteiger partial charge >= 0.3 is 0 Å². The molecule has 0 atom stereocenters. The molecule has 0 radical (unpaired) electrons. The highest BCUT2D eigenvalue weighted by Gasteiger charge is 2.32. The van der Waals surface area contributed by atoms with Gasteiger partial charge in [0, 0.05) is 17.5 Å². The molecule has 1 aliphatic rings. The Morgan fingerprint density at radius 3 is 2.67 bits per heavy atom. The Morgan fingerprint density at radius 1 is 1.21 bits per heavy atom. The lowest BCUT2D eigenvalue weighted by molar-refractivity contribution is 0.401. The summed E-state index contributed by atoms with van der Waals surface area (Å²) in [6.45, 7) is 0.785. The highest BCUT2D eigenvalue weighted by molar-refractivity contribution is 7.89. The van der Waals surface area contributed by atoms with Crippen LogP contribution in [0.1, 0.15) is 5.56 Å². The maximum atomic E-state index is 13.0. The van der Waals surface area contributed by atoms with E-state index in [0.717, 1.165) is 5.56 Å². The summed E-state index contributed by atoms with van der Waals surface area (Å²) in [5.41, 5.74) is 1.02. The number of halogens is 1. The quantitative estimate of drug-likeness (QED) is 0.819. The van der Waals surface area contributed by atoms with Gasteiger partial charge in [0.2, 0.25) is 0 Å². The predicted octanol–water partition coefficient (Wildman–Crippen LogP) is 2.99. The first-order chi connectivity index (χ1) is 11.5. The SMILES string of the molecule is COc1cc(Cl)ccc1S(=O)(=O)N1CCN=C1Cc1ccccc1. The van der Waals surface area contributed by atoms with E-state index < -0.39 is 10.0 Å². The van der Waals surface area contributed by atoms with Gasteiger partial charge in [0.1, 0.15) is 16.5 Å². The van der Waals surface area contributed by atoms with E-state index in [4.69, 9.17) is 16.3 Å². The second-order valence-corrected chi connectivity index (χ2v) is 7.60. The number of nitrogens with zero attached hydrogens (tertiary/aromatic N) is 2. The van der Waals surface area contributed by atoms with Gasteiger partial charge in [0.25, 0.3) is 10.0 Å². The van der Waals surface area contributed by atoms with E-state index in [2.05, 4.69) is 4.99 Å². The normalized spacial score (nSPS) is 14.6. The smallest absolute Gasteiger partial charge is 0.268 e. The standard InChI is InChI=1S/C17H17ClN2O3S/c1-23-15-12-14(18)7-8-16(15)24(21,22)20-10-9-19-17(20)11-13-5-3-2-4-6-13/h2-8,12H,9-11H2,1H3. The van der Waals surface area contributed by atoms with E-state index in [1.807, 2.05) is 30.3 Å². The molecule has 5 nitrogen and oxygen atoms in total. The van der Waals surface area contributed by atoms with Gasteiger partial charge in [-0.25, -0.2) is 8.42 Å². The summed E-state index contributed by atoms with van der Waals surface area (Å²) < 4.78 is 32.6. The summed E-state index contributed by atoms with van der Waals surface area (Å²) >= 11 is 5.93. The number of benzene rings is 2. The molecule has 0 aliphatic carbocycles. The van der Waals surface area contributed by atoms with E-state index in [9.17, 15) is 8.42 Å². The topological polar surface area (TPSA) is 59.0 Å². The number of hydrogen-bond acceptors (Lipinski definition) is 4. The second kappa shape index (κ2) is 6.83. The van der Waals surface area contributed by atoms with Crippen LogP contribution in [0.15, 0.2) is 58.4 Å². The van der Waals surface area contributed by atoms with Gasteiger partial charge in [-0.15, -0.1) is 0 Å². The fourth-order valence-corrected chi connectivity index (χ4v) is 4.39. The molecule has 0 aromatic heterocycles. The molecule has 0 spiro atoms. The number of amidine groups is 1. The molecule has 0 amide bonds. The number of sulfonamides is 1. The molecule has 24 heavy (non-hydrogen) atoms. The average Bonchev–Trinajstić information content (AvgIpc) is 3.04. The Bertz CT molecular complexity index is 867. The van der Waals surface area contributed by atoms with Crippen molar-refractivity contribution in [2.45, 2.75) is 11.3 Å². The molecule has 1 heterocycles. The van der Waals surface area contributed by atoms with Crippen molar-refractivity contribution >= 4 is 27.5 Å². The van der Waals surface area contributed by atoms with Crippen LogP contribution in [0.3, 0.4) is 0 Å². The van der Waals surface area contributed by atoms with Gasteiger partial charge in [-0.2, -0.15) is 0 Å². The largest absolute Gasteiger partial charge is 0.495 e. The summed E-state index contributed by atoms with van der Waals surface area (Å²) in [7, 11) is -2.32. The van der Waals surface area contributed by atoms with E-state index in [0.29, 0.717) is 30.4 Å². The van der Waals surface area contributed by atoms with Crippen LogP contribution >= 0.6 is 11.6 Å². The Morgan fingerprint density at radius 2 is 1.96 bits per heavy atom. The summed E-state index contributed by atoms with van der Waals surface area (Å²) in [5, 5.41) is 0.422. The van der Waals surface area contributed by atoms with Gasteiger partial charge in [-0.3, -0.25) is 9.30 Å². The number of methoxy groups -OCH3 is 1. The number of rotatable bonds is 5. The number of aliphatic imine (C=N–C) groups is 1. The highest BCUT2D eigenvalue weighted by atomic mass is 35.5. The maximum Gasteiger partial charge on any atom is 0.268 e. The van der Waals surface area contributed by atoms with E-state index in [-0.39, 0.29) is 10.6 Å². The maximum absolute atomic E-state index is 13.0. The predicted molar refractivity (Wildman–Crippen MR) is 94.3 cm³/mol. The van der Waals surface area contributed by atoms with Gasteiger partial charge in [0.05, 0.1) is 20.2 Å². The molecular formula is C17H17ClN2O3S. The molecule has 0 unspecified atom stereocenters. The van der Waals surface area contributed by atoms with E-state index in [1.165, 1.54) is 23.5 Å². The lowest BCUT2D eigenvalue weighted by Crippen LogP contribution is -2.35. The minimum Gasteiger partial charge on any atom is -0.495 e. The van der Waals surface area contributed by atoms with Crippen molar-refractivity contribution in [3.8, 4) is 5.75 Å². The zero-order chi connectivity index (χ0) is 17.2. The average molecular weight is 365 g/mol. The van der Waals surface area contributed by atoms with Crippen LogP contribution in [0.2, 0.25) is 5.02 Å². The molecule has 2 aromatic carbocycles. The van der Waals surface area contributed by atoms with Gasteiger partial charge in [-0.1, -0.05) is 41.9 Å². The third kappa shape index (κ3) is 3.25. The summed E-state index contributed by atoms with van der Waals surface area (Å²) in [5.74, 6) is 0.770. The monoisotopic (exact) mass is 364 g/mol. The molecule has 0 saturated heterocycles. The first kappa shape index (κ1) is 16.8. The summed E-state index contributed by atoms with van der Waals surface area (Å²) in [6, 6.07) is 14.2. The lowest BCUT2D eigenvalue weighted by Gasteiger charge is -2.21. The second-order valence-electron chi connectivity index (χ2n) is 5.33. The van der Waals surface area contributed by atoms with Crippen molar-refractivity contribution in [3.05, 3.63) is 59.1 Å². The van der Waals surface area contributed by atoms with E-state index in [1.54, 1.807) is 6.07 Å². The van der Waals surface area contributed by atoms with Crippen LogP contribution in [-0.2, 0) is 16.4 Å². The van der Waals surface area contributed by atoms with Gasteiger partial charge in [0.15, 0.2) is 0 Å². The number of hydrogen-bond donors (Lipinski definition) is 0. The minimum atomic E-state index is -3.75. The molecule has 7 heteroatoms. The van der Waals surface area contributed by atoms with Gasteiger partial charge in [-0.05, 0) is 17.7 Å². The first-order valence-electron chi connectivity index (χ1n) is 7.46. The fourth-order valence-electron chi connectivity index (χ4n) is 2.63. The molecule has 126 valence electrons. The molecule has 0 fully saturated rings. The van der Waals surface area contributed by atoms with Crippen molar-refractivity contribution in [3.63, 3.8) is 0 Å². The van der Waals surface area contributed by atoms with Crippen molar-refractivity contribution < 1.29 is 13.2 Å². The zero-order valence-corrected chi connectivity index (χ0v) is 14.7. The Kier molecular flexibility index (Phi) is 4.78. The van der Waals surface area contributed by atoms with E-state index >= 15 is 0 Å².